The zero-order valence-electron chi connectivity index (χ0n) is 19.0. The number of fused-ring (bicyclic) bond motifs is 1. The largest absolute Gasteiger partial charge is 0.495 e. The molecule has 1 N–H and O–H groups in total. The summed E-state index contributed by atoms with van der Waals surface area (Å²) in [7, 11) is -2.40. The molecule has 0 unspecified atom stereocenters. The number of hydrogen-bond donors (Lipinski definition) is 1. The van der Waals surface area contributed by atoms with E-state index in [-0.39, 0.29) is 29.4 Å². The van der Waals surface area contributed by atoms with E-state index in [1.807, 2.05) is 18.2 Å². The molecule has 10 heteroatoms. The lowest BCUT2D eigenvalue weighted by Crippen LogP contribution is -2.48. The van der Waals surface area contributed by atoms with Gasteiger partial charge in [0.25, 0.3) is 5.91 Å². The van der Waals surface area contributed by atoms with E-state index < -0.39 is 10.0 Å². The summed E-state index contributed by atoms with van der Waals surface area (Å²) in [5.74, 6) is 1.53. The number of benzene rings is 2. The Morgan fingerprint density at radius 2 is 1.79 bits per heavy atom. The number of methoxy groups -OCH3 is 1. The van der Waals surface area contributed by atoms with E-state index in [0.29, 0.717) is 18.7 Å². The number of nitrogens with zero attached hydrogens (tertiary/aromatic N) is 2. The Balaban J connectivity index is 1.41. The molecule has 0 saturated carbocycles. The average molecular weight is 476 g/mol. The summed E-state index contributed by atoms with van der Waals surface area (Å²) in [5, 5.41) is 0. The standard InChI is InChI=1S/C23H29N3O6S/c1-16(2)24-33(28,29)22-13-18(5-7-20(22)30-3)23(27)26-10-8-25(9-11-26)14-17-4-6-19-21(12-17)32-15-31-19/h4-7,12-13,16,24H,8-11,14-15H2,1-3H3. The van der Waals surface area contributed by atoms with Gasteiger partial charge in [0, 0.05) is 44.3 Å². The van der Waals surface area contributed by atoms with Crippen LogP contribution in [-0.2, 0) is 16.6 Å². The molecule has 2 heterocycles. The van der Waals surface area contributed by atoms with Gasteiger partial charge in [0.2, 0.25) is 16.8 Å². The first-order chi connectivity index (χ1) is 15.8. The van der Waals surface area contributed by atoms with Gasteiger partial charge in [0.05, 0.1) is 7.11 Å². The summed E-state index contributed by atoms with van der Waals surface area (Å²) >= 11 is 0. The highest BCUT2D eigenvalue weighted by atomic mass is 32.2. The molecular weight excluding hydrogens is 446 g/mol. The van der Waals surface area contributed by atoms with E-state index in [9.17, 15) is 13.2 Å². The molecule has 33 heavy (non-hydrogen) atoms. The number of ether oxygens (including phenoxy) is 3. The Bertz CT molecular complexity index is 1130. The maximum atomic E-state index is 13.1. The second kappa shape index (κ2) is 9.58. The lowest BCUT2D eigenvalue weighted by atomic mass is 10.1. The number of carbonyl (C=O) groups is 1. The predicted molar refractivity (Wildman–Crippen MR) is 122 cm³/mol. The molecule has 2 aliphatic heterocycles. The van der Waals surface area contributed by atoms with Crippen molar-refractivity contribution in [3.05, 3.63) is 47.5 Å². The van der Waals surface area contributed by atoms with Crippen molar-refractivity contribution in [3.63, 3.8) is 0 Å². The molecule has 0 radical (unpaired) electrons. The molecule has 0 aliphatic carbocycles. The normalized spacial score (nSPS) is 16.3. The molecule has 1 amide bonds. The fourth-order valence-electron chi connectivity index (χ4n) is 3.98. The maximum Gasteiger partial charge on any atom is 0.253 e. The first-order valence-electron chi connectivity index (χ1n) is 10.9. The van der Waals surface area contributed by atoms with Crippen molar-refractivity contribution >= 4 is 15.9 Å². The third kappa shape index (κ3) is 5.23. The summed E-state index contributed by atoms with van der Waals surface area (Å²) in [6.07, 6.45) is 0. The Hall–Kier alpha value is -2.82. The molecule has 0 atom stereocenters. The van der Waals surface area contributed by atoms with Crippen LogP contribution in [0.2, 0.25) is 0 Å². The minimum atomic E-state index is -3.81. The van der Waals surface area contributed by atoms with Gasteiger partial charge in [-0.1, -0.05) is 6.07 Å². The van der Waals surface area contributed by atoms with Crippen LogP contribution < -0.4 is 18.9 Å². The Morgan fingerprint density at radius 3 is 2.48 bits per heavy atom. The number of carbonyl (C=O) groups excluding carboxylic acids is 1. The second-order valence-electron chi connectivity index (χ2n) is 8.40. The smallest absolute Gasteiger partial charge is 0.253 e. The highest BCUT2D eigenvalue weighted by Crippen LogP contribution is 2.33. The van der Waals surface area contributed by atoms with Crippen LogP contribution in [0.4, 0.5) is 0 Å². The quantitative estimate of drug-likeness (QED) is 0.655. The number of rotatable bonds is 7. The van der Waals surface area contributed by atoms with Gasteiger partial charge in [0.1, 0.15) is 10.6 Å². The van der Waals surface area contributed by atoms with Gasteiger partial charge in [-0.15, -0.1) is 0 Å². The highest BCUT2D eigenvalue weighted by Gasteiger charge is 2.26. The molecule has 2 aromatic rings. The van der Waals surface area contributed by atoms with Crippen molar-refractivity contribution < 1.29 is 27.4 Å². The molecule has 1 saturated heterocycles. The number of nitrogens with one attached hydrogen (secondary N) is 1. The monoisotopic (exact) mass is 475 g/mol. The topological polar surface area (TPSA) is 97.4 Å². The first-order valence-corrected chi connectivity index (χ1v) is 12.4. The van der Waals surface area contributed by atoms with Crippen LogP contribution in [0.3, 0.4) is 0 Å². The lowest BCUT2D eigenvalue weighted by Gasteiger charge is -2.35. The summed E-state index contributed by atoms with van der Waals surface area (Å²) in [6, 6.07) is 10.2. The molecule has 4 rings (SSSR count). The van der Waals surface area contributed by atoms with Crippen molar-refractivity contribution in [2.45, 2.75) is 31.3 Å². The van der Waals surface area contributed by atoms with Gasteiger partial charge in [-0.05, 0) is 49.7 Å². The minimum absolute atomic E-state index is 0.0361. The number of hydrogen-bond acceptors (Lipinski definition) is 7. The van der Waals surface area contributed by atoms with Crippen LogP contribution in [0.25, 0.3) is 0 Å². The van der Waals surface area contributed by atoms with E-state index in [4.69, 9.17) is 14.2 Å². The molecular formula is C23H29N3O6S. The van der Waals surface area contributed by atoms with E-state index in [1.165, 1.54) is 19.2 Å². The van der Waals surface area contributed by atoms with Crippen molar-refractivity contribution in [2.75, 3.05) is 40.1 Å². The molecule has 9 nitrogen and oxygen atoms in total. The molecule has 2 aliphatic rings. The van der Waals surface area contributed by atoms with Gasteiger partial charge < -0.3 is 19.1 Å². The molecule has 0 bridgehead atoms. The van der Waals surface area contributed by atoms with Crippen LogP contribution in [-0.4, -0.2) is 70.2 Å². The van der Waals surface area contributed by atoms with E-state index in [0.717, 1.165) is 36.7 Å². The van der Waals surface area contributed by atoms with Crippen LogP contribution >= 0.6 is 0 Å². The molecule has 0 aromatic heterocycles. The van der Waals surface area contributed by atoms with Crippen LogP contribution in [0.1, 0.15) is 29.8 Å². The van der Waals surface area contributed by atoms with Gasteiger partial charge >= 0.3 is 0 Å². The van der Waals surface area contributed by atoms with Crippen molar-refractivity contribution in [2.24, 2.45) is 0 Å². The minimum Gasteiger partial charge on any atom is -0.495 e. The fourth-order valence-corrected chi connectivity index (χ4v) is 5.43. The van der Waals surface area contributed by atoms with Crippen molar-refractivity contribution in [1.29, 1.82) is 0 Å². The zero-order valence-corrected chi connectivity index (χ0v) is 19.9. The van der Waals surface area contributed by atoms with E-state index in [2.05, 4.69) is 9.62 Å². The fraction of sp³-hybridized carbons (Fsp3) is 0.435. The summed E-state index contributed by atoms with van der Waals surface area (Å²) < 4.78 is 44.0. The van der Waals surface area contributed by atoms with Gasteiger partial charge in [-0.25, -0.2) is 13.1 Å². The highest BCUT2D eigenvalue weighted by molar-refractivity contribution is 7.89. The average Bonchev–Trinajstić information content (AvgIpc) is 3.26. The third-order valence-electron chi connectivity index (χ3n) is 5.59. The zero-order chi connectivity index (χ0) is 23.6. The van der Waals surface area contributed by atoms with Gasteiger partial charge in [-0.2, -0.15) is 0 Å². The number of amides is 1. The molecule has 0 spiro atoms. The van der Waals surface area contributed by atoms with Gasteiger partial charge in [-0.3, -0.25) is 9.69 Å². The van der Waals surface area contributed by atoms with E-state index >= 15 is 0 Å². The molecule has 1 fully saturated rings. The summed E-state index contributed by atoms with van der Waals surface area (Å²) in [6.45, 7) is 7.03. The first kappa shape index (κ1) is 23.3. The third-order valence-corrected chi connectivity index (χ3v) is 7.27. The van der Waals surface area contributed by atoms with Gasteiger partial charge in [0.15, 0.2) is 11.5 Å². The Labute approximate surface area is 194 Å². The van der Waals surface area contributed by atoms with Crippen LogP contribution in [0, 0.1) is 0 Å². The second-order valence-corrected chi connectivity index (χ2v) is 10.1. The van der Waals surface area contributed by atoms with E-state index in [1.54, 1.807) is 24.8 Å². The Morgan fingerprint density at radius 1 is 1.06 bits per heavy atom. The Kier molecular flexibility index (Phi) is 6.78. The van der Waals surface area contributed by atoms with Crippen molar-refractivity contribution in [1.82, 2.24) is 14.5 Å². The molecule has 178 valence electrons. The number of sulfonamides is 1. The molecule has 2 aromatic carbocycles. The maximum absolute atomic E-state index is 13.1. The SMILES string of the molecule is COc1ccc(C(=O)N2CCN(Cc3ccc4c(c3)OCO4)CC2)cc1S(=O)(=O)NC(C)C. The summed E-state index contributed by atoms with van der Waals surface area (Å²) in [4.78, 5) is 17.1. The number of piperazine rings is 1. The summed E-state index contributed by atoms with van der Waals surface area (Å²) in [5.41, 5.74) is 1.45. The van der Waals surface area contributed by atoms with Crippen molar-refractivity contribution in [3.8, 4) is 17.2 Å². The predicted octanol–water partition coefficient (Wildman–Crippen LogP) is 2.07. The lowest BCUT2D eigenvalue weighted by molar-refractivity contribution is 0.0628. The van der Waals surface area contributed by atoms with Crippen LogP contribution in [0.5, 0.6) is 17.2 Å². The van der Waals surface area contributed by atoms with Crippen LogP contribution in [0.15, 0.2) is 41.3 Å².